The minimum atomic E-state index is -1.12. The molecular weight excluding hydrogens is 322 g/mol. The van der Waals surface area contributed by atoms with Gasteiger partial charge in [-0.2, -0.15) is 0 Å². The van der Waals surface area contributed by atoms with E-state index in [0.717, 1.165) is 0 Å². The Balaban J connectivity index is 2.15. The molecule has 2 aromatic carbocycles. The van der Waals surface area contributed by atoms with Gasteiger partial charge in [0.05, 0.1) is 7.11 Å². The SMILES string of the molecule is COc1ccccc1C[C@@H](NC(=O)[C@@H](OC)c1ccccc1)C(=O)O. The number of methoxy groups -OCH3 is 2. The molecule has 0 aliphatic rings. The van der Waals surface area contributed by atoms with Crippen LogP contribution in [0.2, 0.25) is 0 Å². The van der Waals surface area contributed by atoms with Gasteiger partial charge in [0, 0.05) is 13.5 Å². The second-order valence-corrected chi connectivity index (χ2v) is 5.44. The summed E-state index contributed by atoms with van der Waals surface area (Å²) in [7, 11) is 2.93. The van der Waals surface area contributed by atoms with E-state index in [9.17, 15) is 14.7 Å². The summed E-state index contributed by atoms with van der Waals surface area (Å²) in [6.45, 7) is 0. The fourth-order valence-electron chi connectivity index (χ4n) is 2.56. The molecule has 132 valence electrons. The first-order chi connectivity index (χ1) is 12.1. The molecule has 0 bridgehead atoms. The Kier molecular flexibility index (Phi) is 6.54. The van der Waals surface area contributed by atoms with Crippen molar-refractivity contribution in [1.29, 1.82) is 0 Å². The number of aliphatic carboxylic acids is 1. The third-order valence-corrected chi connectivity index (χ3v) is 3.81. The summed E-state index contributed by atoms with van der Waals surface area (Å²) in [4.78, 5) is 24.1. The number of ether oxygens (including phenoxy) is 2. The second kappa shape index (κ2) is 8.84. The van der Waals surface area contributed by atoms with Crippen molar-refractivity contribution in [2.24, 2.45) is 0 Å². The summed E-state index contributed by atoms with van der Waals surface area (Å²) in [5.41, 5.74) is 1.36. The largest absolute Gasteiger partial charge is 0.496 e. The van der Waals surface area contributed by atoms with E-state index in [1.807, 2.05) is 6.07 Å². The molecule has 2 aromatic rings. The van der Waals surface area contributed by atoms with Gasteiger partial charge in [-0.05, 0) is 17.2 Å². The highest BCUT2D eigenvalue weighted by atomic mass is 16.5. The Bertz CT molecular complexity index is 717. The minimum absolute atomic E-state index is 0.107. The number of hydrogen-bond donors (Lipinski definition) is 2. The van der Waals surface area contributed by atoms with Gasteiger partial charge in [0.15, 0.2) is 6.10 Å². The van der Waals surface area contributed by atoms with E-state index in [1.54, 1.807) is 48.5 Å². The Morgan fingerprint density at radius 3 is 2.28 bits per heavy atom. The molecule has 6 heteroatoms. The number of nitrogens with one attached hydrogen (secondary N) is 1. The first-order valence-corrected chi connectivity index (χ1v) is 7.79. The zero-order chi connectivity index (χ0) is 18.2. The number of rotatable bonds is 8. The van der Waals surface area contributed by atoms with Crippen LogP contribution < -0.4 is 10.1 Å². The molecule has 0 aliphatic carbocycles. The zero-order valence-corrected chi connectivity index (χ0v) is 14.1. The lowest BCUT2D eigenvalue weighted by atomic mass is 10.0. The first kappa shape index (κ1) is 18.5. The van der Waals surface area contributed by atoms with Gasteiger partial charge in [-0.15, -0.1) is 0 Å². The lowest BCUT2D eigenvalue weighted by Crippen LogP contribution is -2.44. The number of amides is 1. The molecule has 2 rings (SSSR count). The van der Waals surface area contributed by atoms with E-state index in [-0.39, 0.29) is 6.42 Å². The fourth-order valence-corrected chi connectivity index (χ4v) is 2.56. The molecule has 0 aromatic heterocycles. The van der Waals surface area contributed by atoms with Crippen molar-refractivity contribution >= 4 is 11.9 Å². The van der Waals surface area contributed by atoms with Gasteiger partial charge in [0.2, 0.25) is 0 Å². The van der Waals surface area contributed by atoms with Crippen LogP contribution in [0.1, 0.15) is 17.2 Å². The van der Waals surface area contributed by atoms with Gasteiger partial charge in [-0.3, -0.25) is 4.79 Å². The standard InChI is InChI=1S/C19H21NO5/c1-24-16-11-7-6-10-14(16)12-15(19(22)23)20-18(21)17(25-2)13-8-4-3-5-9-13/h3-11,15,17H,12H2,1-2H3,(H,20,21)(H,22,23)/t15-,17+/m1/s1. The zero-order valence-electron chi connectivity index (χ0n) is 14.1. The quantitative estimate of drug-likeness (QED) is 0.767. The van der Waals surface area contributed by atoms with Crippen LogP contribution in [0.25, 0.3) is 0 Å². The van der Waals surface area contributed by atoms with Gasteiger partial charge in [-0.25, -0.2) is 4.79 Å². The summed E-state index contributed by atoms with van der Waals surface area (Å²) in [6.07, 6.45) is -0.767. The molecule has 0 saturated carbocycles. The van der Waals surface area contributed by atoms with Gasteiger partial charge in [0.25, 0.3) is 5.91 Å². The van der Waals surface area contributed by atoms with Crippen molar-refractivity contribution in [2.45, 2.75) is 18.6 Å². The number of carbonyl (C=O) groups excluding carboxylic acids is 1. The van der Waals surface area contributed by atoms with Crippen LogP contribution in [0.3, 0.4) is 0 Å². The third kappa shape index (κ3) is 4.81. The van der Waals surface area contributed by atoms with Gasteiger partial charge < -0.3 is 19.9 Å². The van der Waals surface area contributed by atoms with Crippen molar-refractivity contribution in [3.05, 3.63) is 65.7 Å². The maximum absolute atomic E-state index is 12.5. The van der Waals surface area contributed by atoms with Gasteiger partial charge in [-0.1, -0.05) is 48.5 Å². The topological polar surface area (TPSA) is 84.9 Å². The van der Waals surface area contributed by atoms with Crippen LogP contribution in [-0.4, -0.2) is 37.2 Å². The molecule has 6 nitrogen and oxygen atoms in total. The average molecular weight is 343 g/mol. The van der Waals surface area contributed by atoms with E-state index < -0.39 is 24.0 Å². The lowest BCUT2D eigenvalue weighted by Gasteiger charge is -2.20. The Hall–Kier alpha value is -2.86. The summed E-state index contributed by atoms with van der Waals surface area (Å²) >= 11 is 0. The number of carboxylic acids is 1. The molecule has 2 atom stereocenters. The monoisotopic (exact) mass is 343 g/mol. The van der Waals surface area contributed by atoms with Crippen molar-refractivity contribution in [1.82, 2.24) is 5.32 Å². The number of para-hydroxylation sites is 1. The number of carboxylic acid groups (broad SMARTS) is 1. The number of benzene rings is 2. The Labute approximate surface area is 146 Å². The minimum Gasteiger partial charge on any atom is -0.496 e. The molecule has 1 amide bonds. The molecule has 0 unspecified atom stereocenters. The van der Waals surface area contributed by atoms with E-state index in [1.165, 1.54) is 14.2 Å². The van der Waals surface area contributed by atoms with Crippen molar-refractivity contribution in [3.63, 3.8) is 0 Å². The summed E-state index contributed by atoms with van der Waals surface area (Å²) in [5.74, 6) is -1.05. The van der Waals surface area contributed by atoms with Crippen molar-refractivity contribution in [2.75, 3.05) is 14.2 Å². The molecule has 2 N–H and O–H groups in total. The highest BCUT2D eigenvalue weighted by Gasteiger charge is 2.27. The maximum atomic E-state index is 12.5. The second-order valence-electron chi connectivity index (χ2n) is 5.44. The normalized spacial score (nSPS) is 12.9. The summed E-state index contributed by atoms with van der Waals surface area (Å²) < 4.78 is 10.5. The van der Waals surface area contributed by atoms with Crippen LogP contribution in [-0.2, 0) is 20.7 Å². The van der Waals surface area contributed by atoms with Crippen LogP contribution >= 0.6 is 0 Å². The highest BCUT2D eigenvalue weighted by molar-refractivity contribution is 5.87. The molecule has 0 aliphatic heterocycles. The molecular formula is C19H21NO5. The van der Waals surface area contributed by atoms with Crippen LogP contribution in [0.4, 0.5) is 0 Å². The van der Waals surface area contributed by atoms with E-state index in [0.29, 0.717) is 16.9 Å². The predicted molar refractivity (Wildman–Crippen MR) is 92.5 cm³/mol. The number of hydrogen-bond acceptors (Lipinski definition) is 4. The predicted octanol–water partition coefficient (Wildman–Crippen LogP) is 2.19. The fraction of sp³-hybridized carbons (Fsp3) is 0.263. The van der Waals surface area contributed by atoms with Crippen LogP contribution in [0, 0.1) is 0 Å². The molecule has 0 spiro atoms. The third-order valence-electron chi connectivity index (χ3n) is 3.81. The van der Waals surface area contributed by atoms with Crippen molar-refractivity contribution < 1.29 is 24.2 Å². The molecule has 0 saturated heterocycles. The molecule has 0 fully saturated rings. The smallest absolute Gasteiger partial charge is 0.326 e. The Morgan fingerprint density at radius 2 is 1.68 bits per heavy atom. The van der Waals surface area contributed by atoms with Gasteiger partial charge >= 0.3 is 5.97 Å². The van der Waals surface area contributed by atoms with Crippen molar-refractivity contribution in [3.8, 4) is 5.75 Å². The molecule has 25 heavy (non-hydrogen) atoms. The summed E-state index contributed by atoms with van der Waals surface area (Å²) in [5, 5.41) is 12.0. The highest BCUT2D eigenvalue weighted by Crippen LogP contribution is 2.20. The van der Waals surface area contributed by atoms with E-state index in [2.05, 4.69) is 5.32 Å². The van der Waals surface area contributed by atoms with E-state index >= 15 is 0 Å². The van der Waals surface area contributed by atoms with Crippen LogP contribution in [0.5, 0.6) is 5.75 Å². The maximum Gasteiger partial charge on any atom is 0.326 e. The molecule has 0 radical (unpaired) electrons. The first-order valence-electron chi connectivity index (χ1n) is 7.79. The van der Waals surface area contributed by atoms with Crippen LogP contribution in [0.15, 0.2) is 54.6 Å². The average Bonchev–Trinajstić information content (AvgIpc) is 2.63. The Morgan fingerprint density at radius 1 is 1.04 bits per heavy atom. The summed E-state index contributed by atoms with van der Waals surface area (Å²) in [6, 6.07) is 14.9. The lowest BCUT2D eigenvalue weighted by molar-refractivity contribution is -0.144. The van der Waals surface area contributed by atoms with E-state index in [4.69, 9.17) is 9.47 Å². The molecule has 0 heterocycles. The number of carbonyl (C=O) groups is 2. The van der Waals surface area contributed by atoms with Gasteiger partial charge in [0.1, 0.15) is 11.8 Å².